The molecule has 17 heavy (non-hydrogen) atoms. The van der Waals surface area contributed by atoms with Gasteiger partial charge in [0.15, 0.2) is 11.5 Å². The SMILES string of the molecule is Fc1cc(Br)c(C(F)(F)F)nc1OC(F)(F)F. The average molecular weight is 328 g/mol. The predicted molar refractivity (Wildman–Crippen MR) is 43.6 cm³/mol. The molecule has 1 aromatic rings. The first-order chi connectivity index (χ1) is 7.50. The predicted octanol–water partition coefficient (Wildman–Crippen LogP) is 3.90. The molecular formula is C7HBrF7NO. The molecule has 0 spiro atoms. The van der Waals surface area contributed by atoms with Crippen molar-refractivity contribution in [1.29, 1.82) is 0 Å². The lowest BCUT2D eigenvalue weighted by Gasteiger charge is -2.12. The van der Waals surface area contributed by atoms with Crippen LogP contribution in [0, 0.1) is 5.82 Å². The van der Waals surface area contributed by atoms with E-state index in [1.807, 2.05) is 0 Å². The summed E-state index contributed by atoms with van der Waals surface area (Å²) in [6.07, 6.45) is -10.4. The highest BCUT2D eigenvalue weighted by atomic mass is 79.9. The number of ether oxygens (including phenoxy) is 1. The van der Waals surface area contributed by atoms with Gasteiger partial charge in [0, 0.05) is 0 Å². The Bertz CT molecular complexity index is 427. The minimum Gasteiger partial charge on any atom is -0.385 e. The first kappa shape index (κ1) is 14.0. The number of rotatable bonds is 1. The molecule has 0 amide bonds. The Morgan fingerprint density at radius 1 is 1.12 bits per heavy atom. The standard InChI is InChI=1S/C7HBrF7NO/c8-2-1-3(9)5(17-7(13,14)15)16-4(2)6(10,11)12/h1H. The monoisotopic (exact) mass is 327 g/mol. The lowest BCUT2D eigenvalue weighted by molar-refractivity contribution is -0.277. The molecule has 0 unspecified atom stereocenters. The van der Waals surface area contributed by atoms with Gasteiger partial charge in [0.1, 0.15) is 0 Å². The fraction of sp³-hybridized carbons (Fsp3) is 0.286. The van der Waals surface area contributed by atoms with Gasteiger partial charge in [-0.1, -0.05) is 0 Å². The van der Waals surface area contributed by atoms with Crippen molar-refractivity contribution >= 4 is 15.9 Å². The molecule has 0 fully saturated rings. The molecule has 0 saturated heterocycles. The number of hydrogen-bond donors (Lipinski definition) is 0. The lowest BCUT2D eigenvalue weighted by atomic mass is 10.3. The summed E-state index contributed by atoms with van der Waals surface area (Å²) in [5.41, 5.74) is -1.71. The second-order valence-electron chi connectivity index (χ2n) is 2.65. The molecule has 0 aliphatic carbocycles. The quantitative estimate of drug-likeness (QED) is 0.730. The molecular weight excluding hydrogens is 327 g/mol. The van der Waals surface area contributed by atoms with Crippen LogP contribution in [-0.2, 0) is 6.18 Å². The summed E-state index contributed by atoms with van der Waals surface area (Å²) in [4.78, 5) is 2.44. The maximum atomic E-state index is 12.9. The third-order valence-electron chi connectivity index (χ3n) is 1.38. The van der Waals surface area contributed by atoms with Gasteiger partial charge in [0.05, 0.1) is 4.47 Å². The van der Waals surface area contributed by atoms with Crippen LogP contribution >= 0.6 is 15.9 Å². The van der Waals surface area contributed by atoms with Crippen molar-refractivity contribution < 1.29 is 35.5 Å². The number of alkyl halides is 6. The normalized spacial score (nSPS) is 12.7. The average Bonchev–Trinajstić information content (AvgIpc) is 2.05. The summed E-state index contributed by atoms with van der Waals surface area (Å²) < 4.78 is 87.0. The topological polar surface area (TPSA) is 22.1 Å². The zero-order valence-corrected chi connectivity index (χ0v) is 9.04. The summed E-state index contributed by atoms with van der Waals surface area (Å²) in [5, 5.41) is 0. The van der Waals surface area contributed by atoms with Gasteiger partial charge >= 0.3 is 12.5 Å². The molecule has 0 aromatic carbocycles. The molecule has 0 N–H and O–H groups in total. The van der Waals surface area contributed by atoms with Crippen molar-refractivity contribution in [3.8, 4) is 5.88 Å². The maximum absolute atomic E-state index is 12.9. The molecule has 0 aliphatic rings. The van der Waals surface area contributed by atoms with E-state index in [0.29, 0.717) is 0 Å². The van der Waals surface area contributed by atoms with Crippen LogP contribution in [0.1, 0.15) is 5.69 Å². The Labute approximate surface area is 97.5 Å². The second kappa shape index (κ2) is 4.31. The minimum absolute atomic E-state index is 0.191. The van der Waals surface area contributed by atoms with E-state index in [0.717, 1.165) is 0 Å². The van der Waals surface area contributed by atoms with Crippen LogP contribution in [0.4, 0.5) is 30.7 Å². The largest absolute Gasteiger partial charge is 0.574 e. The van der Waals surface area contributed by atoms with Crippen LogP contribution in [0.15, 0.2) is 10.5 Å². The first-order valence-corrected chi connectivity index (χ1v) is 4.49. The van der Waals surface area contributed by atoms with Gasteiger partial charge in [0.2, 0.25) is 0 Å². The molecule has 0 bridgehead atoms. The Hall–Kier alpha value is -1.06. The number of aromatic nitrogens is 1. The number of pyridine rings is 1. The smallest absolute Gasteiger partial charge is 0.385 e. The molecule has 0 saturated carbocycles. The van der Waals surface area contributed by atoms with Crippen molar-refractivity contribution in [3.05, 3.63) is 22.1 Å². The fourth-order valence-electron chi connectivity index (χ4n) is 0.830. The fourth-order valence-corrected chi connectivity index (χ4v) is 1.34. The summed E-state index contributed by atoms with van der Waals surface area (Å²) in [6, 6.07) is 0.191. The highest BCUT2D eigenvalue weighted by Crippen LogP contribution is 2.36. The van der Waals surface area contributed by atoms with Gasteiger partial charge in [-0.3, -0.25) is 0 Å². The molecule has 0 aliphatic heterocycles. The summed E-state index contributed by atoms with van der Waals surface area (Å²) in [5.74, 6) is -3.45. The zero-order chi connectivity index (χ0) is 13.4. The highest BCUT2D eigenvalue weighted by molar-refractivity contribution is 9.10. The highest BCUT2D eigenvalue weighted by Gasteiger charge is 2.39. The van der Waals surface area contributed by atoms with E-state index in [1.54, 1.807) is 0 Å². The van der Waals surface area contributed by atoms with Crippen LogP contribution in [0.5, 0.6) is 5.88 Å². The second-order valence-corrected chi connectivity index (χ2v) is 3.51. The van der Waals surface area contributed by atoms with Crippen molar-refractivity contribution in [2.75, 3.05) is 0 Å². The first-order valence-electron chi connectivity index (χ1n) is 3.69. The molecule has 0 atom stereocenters. The van der Waals surface area contributed by atoms with E-state index in [9.17, 15) is 30.7 Å². The third-order valence-corrected chi connectivity index (χ3v) is 1.98. The Balaban J connectivity index is 3.25. The molecule has 96 valence electrons. The molecule has 10 heteroatoms. The third kappa shape index (κ3) is 3.72. The Kier molecular flexibility index (Phi) is 3.55. The summed E-state index contributed by atoms with van der Waals surface area (Å²) in [7, 11) is 0. The van der Waals surface area contributed by atoms with Crippen LogP contribution in [0.3, 0.4) is 0 Å². The Morgan fingerprint density at radius 3 is 2.06 bits per heavy atom. The van der Waals surface area contributed by atoms with E-state index in [2.05, 4.69) is 25.7 Å². The summed E-state index contributed by atoms with van der Waals surface area (Å²) >= 11 is 2.34. The summed E-state index contributed by atoms with van der Waals surface area (Å²) in [6.45, 7) is 0. The van der Waals surface area contributed by atoms with E-state index in [4.69, 9.17) is 0 Å². The molecule has 0 radical (unpaired) electrons. The van der Waals surface area contributed by atoms with E-state index in [-0.39, 0.29) is 6.07 Å². The number of hydrogen-bond acceptors (Lipinski definition) is 2. The number of halogens is 8. The van der Waals surface area contributed by atoms with Gasteiger partial charge in [-0.2, -0.15) is 13.2 Å². The molecule has 2 nitrogen and oxygen atoms in total. The van der Waals surface area contributed by atoms with Crippen molar-refractivity contribution in [1.82, 2.24) is 4.98 Å². The van der Waals surface area contributed by atoms with Gasteiger partial charge < -0.3 is 4.74 Å². The van der Waals surface area contributed by atoms with Crippen LogP contribution in [-0.4, -0.2) is 11.3 Å². The number of nitrogens with zero attached hydrogens (tertiary/aromatic N) is 1. The van der Waals surface area contributed by atoms with Crippen molar-refractivity contribution in [3.63, 3.8) is 0 Å². The minimum atomic E-state index is -5.33. The van der Waals surface area contributed by atoms with E-state index >= 15 is 0 Å². The van der Waals surface area contributed by atoms with E-state index in [1.165, 1.54) is 0 Å². The van der Waals surface area contributed by atoms with Crippen LogP contribution in [0.25, 0.3) is 0 Å². The van der Waals surface area contributed by atoms with Crippen molar-refractivity contribution in [2.45, 2.75) is 12.5 Å². The molecule has 1 rings (SSSR count). The van der Waals surface area contributed by atoms with Crippen LogP contribution in [0.2, 0.25) is 0 Å². The van der Waals surface area contributed by atoms with E-state index < -0.39 is 34.4 Å². The van der Waals surface area contributed by atoms with Crippen LogP contribution < -0.4 is 4.74 Å². The maximum Gasteiger partial charge on any atom is 0.574 e. The Morgan fingerprint density at radius 2 is 1.65 bits per heavy atom. The van der Waals surface area contributed by atoms with Gasteiger partial charge in [-0.15, -0.1) is 13.2 Å². The van der Waals surface area contributed by atoms with Gasteiger partial charge in [-0.05, 0) is 22.0 Å². The zero-order valence-electron chi connectivity index (χ0n) is 7.46. The van der Waals surface area contributed by atoms with Gasteiger partial charge in [-0.25, -0.2) is 9.37 Å². The van der Waals surface area contributed by atoms with Gasteiger partial charge in [0.25, 0.3) is 5.88 Å². The van der Waals surface area contributed by atoms with Crippen molar-refractivity contribution in [2.24, 2.45) is 0 Å². The lowest BCUT2D eigenvalue weighted by Crippen LogP contribution is -2.20. The molecule has 1 heterocycles. The molecule has 1 aromatic heterocycles.